The van der Waals surface area contributed by atoms with E-state index in [4.69, 9.17) is 9.47 Å². The van der Waals surface area contributed by atoms with Crippen molar-refractivity contribution in [1.29, 1.82) is 0 Å². The van der Waals surface area contributed by atoms with E-state index in [0.717, 1.165) is 6.08 Å². The van der Waals surface area contributed by atoms with Crippen LogP contribution in [0.3, 0.4) is 0 Å². The van der Waals surface area contributed by atoms with Gasteiger partial charge in [-0.15, -0.1) is 0 Å². The van der Waals surface area contributed by atoms with Gasteiger partial charge in [0, 0.05) is 5.56 Å². The Morgan fingerprint density at radius 1 is 1.27 bits per heavy atom. The maximum Gasteiger partial charge on any atom is 0.430 e. The van der Waals surface area contributed by atoms with Crippen LogP contribution >= 0.6 is 0 Å². The first kappa shape index (κ1) is 16.1. The molecule has 1 aromatic carbocycles. The van der Waals surface area contributed by atoms with Gasteiger partial charge in [0.15, 0.2) is 11.9 Å². The van der Waals surface area contributed by atoms with Crippen molar-refractivity contribution in [1.82, 2.24) is 0 Å². The van der Waals surface area contributed by atoms with Gasteiger partial charge in [0.1, 0.15) is 5.75 Å². The van der Waals surface area contributed by atoms with Gasteiger partial charge in [-0.1, -0.05) is 18.2 Å². The molecule has 7 heteroatoms. The number of aldehydes is 1. The van der Waals surface area contributed by atoms with Crippen molar-refractivity contribution in [3.05, 3.63) is 35.4 Å². The average molecular weight is 314 g/mol. The molecule has 118 valence electrons. The summed E-state index contributed by atoms with van der Waals surface area (Å²) in [5, 5.41) is 0. The summed E-state index contributed by atoms with van der Waals surface area (Å²) in [7, 11) is 0. The number of fused-ring (bicyclic) bond motifs is 1. The predicted molar refractivity (Wildman–Crippen MR) is 71.1 cm³/mol. The van der Waals surface area contributed by atoms with Crippen LogP contribution < -0.4 is 4.74 Å². The average Bonchev–Trinajstić information content (AvgIpc) is 2.44. The van der Waals surface area contributed by atoms with Gasteiger partial charge in [-0.3, -0.25) is 4.79 Å². The standard InChI is InChI=1S/C15H13F3O4/c1-14(2,8-19)22-13(20)10-7-9-5-3-4-6-11(9)21-12(10)15(16,17)18/h3-8,12H,1-2H3. The van der Waals surface area contributed by atoms with Crippen molar-refractivity contribution >= 4 is 18.3 Å². The van der Waals surface area contributed by atoms with E-state index in [-0.39, 0.29) is 5.75 Å². The third kappa shape index (κ3) is 3.29. The van der Waals surface area contributed by atoms with Crippen molar-refractivity contribution in [2.45, 2.75) is 31.7 Å². The number of alkyl halides is 3. The van der Waals surface area contributed by atoms with Crippen molar-refractivity contribution in [2.75, 3.05) is 0 Å². The lowest BCUT2D eigenvalue weighted by Crippen LogP contribution is -2.42. The number of para-hydroxylation sites is 1. The van der Waals surface area contributed by atoms with E-state index in [9.17, 15) is 22.8 Å². The fourth-order valence-corrected chi connectivity index (χ4v) is 1.87. The first-order valence-electron chi connectivity index (χ1n) is 6.38. The number of carbonyl (C=O) groups is 2. The lowest BCUT2D eigenvalue weighted by molar-refractivity contribution is -0.189. The summed E-state index contributed by atoms with van der Waals surface area (Å²) < 4.78 is 49.1. The van der Waals surface area contributed by atoms with Crippen LogP contribution in [-0.4, -0.2) is 30.1 Å². The Bertz CT molecular complexity index is 632. The summed E-state index contributed by atoms with van der Waals surface area (Å²) in [5.41, 5.74) is -1.88. The van der Waals surface area contributed by atoms with Gasteiger partial charge >= 0.3 is 12.1 Å². The van der Waals surface area contributed by atoms with E-state index in [1.165, 1.54) is 32.0 Å². The number of ether oxygens (including phenoxy) is 2. The van der Waals surface area contributed by atoms with E-state index in [0.29, 0.717) is 11.8 Å². The van der Waals surface area contributed by atoms with Crippen molar-refractivity contribution in [3.8, 4) is 5.75 Å². The molecule has 1 aliphatic heterocycles. The predicted octanol–water partition coefficient (Wildman–Crippen LogP) is 2.91. The molecule has 0 radical (unpaired) electrons. The molecule has 0 amide bonds. The second-order valence-electron chi connectivity index (χ2n) is 5.29. The minimum absolute atomic E-state index is 0.0241. The molecule has 1 heterocycles. The zero-order valence-electron chi connectivity index (χ0n) is 11.8. The fraction of sp³-hybridized carbons (Fsp3) is 0.333. The Morgan fingerprint density at radius 3 is 2.50 bits per heavy atom. The smallest absolute Gasteiger partial charge is 0.430 e. The Balaban J connectivity index is 2.42. The first-order chi connectivity index (χ1) is 10.1. The number of hydrogen-bond acceptors (Lipinski definition) is 4. The fourth-order valence-electron chi connectivity index (χ4n) is 1.87. The van der Waals surface area contributed by atoms with E-state index in [2.05, 4.69) is 0 Å². The molecule has 0 aliphatic carbocycles. The van der Waals surface area contributed by atoms with Crippen LogP contribution in [0.2, 0.25) is 0 Å². The van der Waals surface area contributed by atoms with Crippen molar-refractivity contribution in [2.24, 2.45) is 0 Å². The van der Waals surface area contributed by atoms with Crippen LogP contribution in [0.4, 0.5) is 13.2 Å². The second-order valence-corrected chi connectivity index (χ2v) is 5.29. The highest BCUT2D eigenvalue weighted by Crippen LogP contribution is 2.37. The third-order valence-electron chi connectivity index (χ3n) is 2.93. The molecule has 1 aliphatic rings. The van der Waals surface area contributed by atoms with Gasteiger partial charge in [-0.25, -0.2) is 4.79 Å². The molecule has 2 rings (SSSR count). The molecule has 0 fully saturated rings. The molecule has 0 aromatic heterocycles. The lowest BCUT2D eigenvalue weighted by Gasteiger charge is -2.29. The van der Waals surface area contributed by atoms with Crippen LogP contribution in [0.5, 0.6) is 5.75 Å². The van der Waals surface area contributed by atoms with Crippen LogP contribution in [-0.2, 0) is 14.3 Å². The summed E-state index contributed by atoms with van der Waals surface area (Å²) in [6, 6.07) is 6.02. The number of hydrogen-bond donors (Lipinski definition) is 0. The highest BCUT2D eigenvalue weighted by molar-refractivity contribution is 5.97. The number of benzene rings is 1. The molecule has 22 heavy (non-hydrogen) atoms. The highest BCUT2D eigenvalue weighted by Gasteiger charge is 2.49. The zero-order chi connectivity index (χ0) is 16.5. The van der Waals surface area contributed by atoms with Crippen LogP contribution in [0, 0.1) is 0 Å². The SMILES string of the molecule is CC(C)(C=O)OC(=O)C1=Cc2ccccc2OC1C(F)(F)F. The summed E-state index contributed by atoms with van der Waals surface area (Å²) in [5.74, 6) is -1.22. The summed E-state index contributed by atoms with van der Waals surface area (Å²) in [6.07, 6.45) is -5.81. The van der Waals surface area contributed by atoms with Crippen molar-refractivity contribution in [3.63, 3.8) is 0 Å². The summed E-state index contributed by atoms with van der Waals surface area (Å²) >= 11 is 0. The quantitative estimate of drug-likeness (QED) is 0.636. The van der Waals surface area contributed by atoms with Gasteiger partial charge in [-0.05, 0) is 26.0 Å². The molecule has 0 N–H and O–H groups in total. The topological polar surface area (TPSA) is 52.6 Å². The van der Waals surface area contributed by atoms with Gasteiger partial charge in [0.05, 0.1) is 5.57 Å². The molecule has 0 saturated heterocycles. The molecular weight excluding hydrogens is 301 g/mol. The number of rotatable bonds is 3. The Kier molecular flexibility index (Phi) is 4.00. The number of halogens is 3. The van der Waals surface area contributed by atoms with Crippen LogP contribution in [0.15, 0.2) is 29.8 Å². The summed E-state index contributed by atoms with van der Waals surface area (Å²) in [6.45, 7) is 2.55. The second kappa shape index (κ2) is 5.47. The van der Waals surface area contributed by atoms with Gasteiger partial charge in [0.2, 0.25) is 6.10 Å². The number of esters is 1. The van der Waals surface area contributed by atoms with E-state index >= 15 is 0 Å². The van der Waals surface area contributed by atoms with Gasteiger partial charge in [-0.2, -0.15) is 13.2 Å². The molecule has 1 atom stereocenters. The van der Waals surface area contributed by atoms with Gasteiger partial charge in [0.25, 0.3) is 0 Å². The van der Waals surface area contributed by atoms with Crippen LogP contribution in [0.1, 0.15) is 19.4 Å². The lowest BCUT2D eigenvalue weighted by atomic mass is 10.0. The van der Waals surface area contributed by atoms with E-state index in [1.54, 1.807) is 6.07 Å². The largest absolute Gasteiger partial charge is 0.475 e. The minimum atomic E-state index is -4.79. The summed E-state index contributed by atoms with van der Waals surface area (Å²) in [4.78, 5) is 22.8. The van der Waals surface area contributed by atoms with E-state index < -0.39 is 29.4 Å². The van der Waals surface area contributed by atoms with Gasteiger partial charge < -0.3 is 9.47 Å². The van der Waals surface area contributed by atoms with E-state index in [1.807, 2.05) is 0 Å². The molecule has 1 aromatic rings. The first-order valence-corrected chi connectivity index (χ1v) is 6.38. The molecule has 4 nitrogen and oxygen atoms in total. The third-order valence-corrected chi connectivity index (χ3v) is 2.93. The highest BCUT2D eigenvalue weighted by atomic mass is 19.4. The zero-order valence-corrected chi connectivity index (χ0v) is 11.8. The normalized spacial score (nSPS) is 17.9. The monoisotopic (exact) mass is 314 g/mol. The number of carbonyl (C=O) groups excluding carboxylic acids is 2. The minimum Gasteiger partial charge on any atom is -0.475 e. The Hall–Kier alpha value is -2.31. The molecule has 0 bridgehead atoms. The maximum absolute atomic E-state index is 13.1. The molecule has 1 unspecified atom stereocenters. The molecule has 0 spiro atoms. The van der Waals surface area contributed by atoms with Crippen LogP contribution in [0.25, 0.3) is 6.08 Å². The molecule has 0 saturated carbocycles. The Morgan fingerprint density at radius 2 is 1.91 bits per heavy atom. The molecular formula is C15H13F3O4. The van der Waals surface area contributed by atoms with Crippen molar-refractivity contribution < 1.29 is 32.2 Å². The Labute approximate surface area is 124 Å². The maximum atomic E-state index is 13.1.